The summed E-state index contributed by atoms with van der Waals surface area (Å²) in [6.45, 7) is 2.81. The van der Waals surface area contributed by atoms with E-state index < -0.39 is 5.60 Å². The fourth-order valence-electron chi connectivity index (χ4n) is 4.32. The van der Waals surface area contributed by atoms with E-state index in [9.17, 15) is 9.90 Å². The SMILES string of the molecule is O=C1O[C@@H](CN2CCC(O)(c3ccc4c(c3)OCO4)CC2)CN1c1ccc(Cl)cc1. The molecule has 3 aliphatic rings. The van der Waals surface area contributed by atoms with Gasteiger partial charge in [0.25, 0.3) is 0 Å². The van der Waals surface area contributed by atoms with Gasteiger partial charge in [-0.05, 0) is 54.8 Å². The van der Waals surface area contributed by atoms with Crippen molar-refractivity contribution >= 4 is 23.4 Å². The van der Waals surface area contributed by atoms with E-state index in [1.165, 1.54) is 0 Å². The Morgan fingerprint density at radius 1 is 1.07 bits per heavy atom. The molecule has 2 aromatic rings. The number of aliphatic hydroxyl groups is 1. The second kappa shape index (κ2) is 7.65. The molecular formula is C22H23ClN2O5. The van der Waals surface area contributed by atoms with Gasteiger partial charge in [0.2, 0.25) is 6.79 Å². The van der Waals surface area contributed by atoms with Gasteiger partial charge in [-0.1, -0.05) is 17.7 Å². The van der Waals surface area contributed by atoms with Crippen LogP contribution in [0.4, 0.5) is 10.5 Å². The first-order chi connectivity index (χ1) is 14.5. The summed E-state index contributed by atoms with van der Waals surface area (Å²) in [5.41, 5.74) is 0.745. The number of piperidine rings is 1. The summed E-state index contributed by atoms with van der Waals surface area (Å²) < 4.78 is 16.4. The summed E-state index contributed by atoms with van der Waals surface area (Å²) in [7, 11) is 0. The lowest BCUT2D eigenvalue weighted by molar-refractivity contribution is -0.0325. The fraction of sp³-hybridized carbons (Fsp3) is 0.409. The summed E-state index contributed by atoms with van der Waals surface area (Å²) in [6.07, 6.45) is 0.670. The number of halogens is 1. The summed E-state index contributed by atoms with van der Waals surface area (Å²) in [5.74, 6) is 1.40. The molecule has 1 atom stereocenters. The number of hydrogen-bond donors (Lipinski definition) is 1. The zero-order valence-corrected chi connectivity index (χ0v) is 17.2. The number of hydrogen-bond acceptors (Lipinski definition) is 6. The molecule has 158 valence electrons. The summed E-state index contributed by atoms with van der Waals surface area (Å²) >= 11 is 5.93. The Morgan fingerprint density at radius 3 is 2.57 bits per heavy atom. The largest absolute Gasteiger partial charge is 0.454 e. The molecule has 2 fully saturated rings. The number of cyclic esters (lactones) is 1. The Kier molecular flexibility index (Phi) is 4.97. The zero-order chi connectivity index (χ0) is 20.7. The second-order valence-corrected chi connectivity index (χ2v) is 8.43. The van der Waals surface area contributed by atoms with E-state index >= 15 is 0 Å². The van der Waals surface area contributed by atoms with Crippen molar-refractivity contribution in [1.29, 1.82) is 0 Å². The summed E-state index contributed by atoms with van der Waals surface area (Å²) in [6, 6.07) is 12.8. The van der Waals surface area contributed by atoms with Crippen LogP contribution in [0, 0.1) is 0 Å². The highest BCUT2D eigenvalue weighted by Crippen LogP contribution is 2.39. The lowest BCUT2D eigenvalue weighted by Gasteiger charge is -2.39. The van der Waals surface area contributed by atoms with Crippen LogP contribution in [-0.2, 0) is 10.3 Å². The minimum absolute atomic E-state index is 0.204. The predicted octanol–water partition coefficient (Wildman–Crippen LogP) is 3.38. The van der Waals surface area contributed by atoms with Gasteiger partial charge in [-0.15, -0.1) is 0 Å². The smallest absolute Gasteiger partial charge is 0.414 e. The zero-order valence-electron chi connectivity index (χ0n) is 16.4. The Balaban J connectivity index is 1.18. The average Bonchev–Trinajstić information content (AvgIpc) is 3.36. The number of likely N-dealkylation sites (tertiary alicyclic amines) is 1. The maximum Gasteiger partial charge on any atom is 0.414 e. The van der Waals surface area contributed by atoms with E-state index in [-0.39, 0.29) is 19.0 Å². The number of nitrogens with zero attached hydrogens (tertiary/aromatic N) is 2. The van der Waals surface area contributed by atoms with Crippen LogP contribution in [0.15, 0.2) is 42.5 Å². The summed E-state index contributed by atoms with van der Waals surface area (Å²) in [5, 5.41) is 11.8. The number of fused-ring (bicyclic) bond motifs is 1. The lowest BCUT2D eigenvalue weighted by atomic mass is 9.84. The molecule has 7 nitrogen and oxygen atoms in total. The van der Waals surface area contributed by atoms with E-state index in [1.807, 2.05) is 30.3 Å². The maximum atomic E-state index is 12.3. The maximum absolute atomic E-state index is 12.3. The first kappa shape index (κ1) is 19.5. The van der Waals surface area contributed by atoms with Gasteiger partial charge in [0.15, 0.2) is 11.5 Å². The van der Waals surface area contributed by atoms with Crippen LogP contribution in [-0.4, -0.2) is 55.2 Å². The third-order valence-corrected chi connectivity index (χ3v) is 6.32. The first-order valence-corrected chi connectivity index (χ1v) is 10.5. The molecule has 1 amide bonds. The van der Waals surface area contributed by atoms with Crippen molar-refractivity contribution in [3.8, 4) is 11.5 Å². The van der Waals surface area contributed by atoms with E-state index in [0.717, 1.165) is 24.3 Å². The van der Waals surface area contributed by atoms with Gasteiger partial charge < -0.3 is 19.3 Å². The van der Waals surface area contributed by atoms with E-state index in [2.05, 4.69) is 4.90 Å². The van der Waals surface area contributed by atoms with Gasteiger partial charge in [0.05, 0.1) is 12.1 Å². The third kappa shape index (κ3) is 3.69. The topological polar surface area (TPSA) is 71.5 Å². The molecule has 30 heavy (non-hydrogen) atoms. The number of benzene rings is 2. The molecule has 0 radical (unpaired) electrons. The van der Waals surface area contributed by atoms with E-state index in [4.69, 9.17) is 25.8 Å². The molecule has 3 aliphatic heterocycles. The van der Waals surface area contributed by atoms with Crippen molar-refractivity contribution < 1.29 is 24.1 Å². The fourth-order valence-corrected chi connectivity index (χ4v) is 4.44. The highest BCUT2D eigenvalue weighted by molar-refractivity contribution is 6.30. The minimum Gasteiger partial charge on any atom is -0.454 e. The number of anilines is 1. The highest BCUT2D eigenvalue weighted by atomic mass is 35.5. The molecule has 0 bridgehead atoms. The average molecular weight is 431 g/mol. The van der Waals surface area contributed by atoms with Crippen LogP contribution in [0.1, 0.15) is 18.4 Å². The van der Waals surface area contributed by atoms with Crippen LogP contribution in [0.3, 0.4) is 0 Å². The predicted molar refractivity (Wildman–Crippen MR) is 111 cm³/mol. The molecule has 0 saturated carbocycles. The van der Waals surface area contributed by atoms with E-state index in [1.54, 1.807) is 17.0 Å². The van der Waals surface area contributed by atoms with Crippen molar-refractivity contribution in [3.05, 3.63) is 53.1 Å². The molecule has 1 N–H and O–H groups in total. The summed E-state index contributed by atoms with van der Waals surface area (Å²) in [4.78, 5) is 16.2. The van der Waals surface area contributed by atoms with Crippen LogP contribution < -0.4 is 14.4 Å². The van der Waals surface area contributed by atoms with Gasteiger partial charge in [-0.25, -0.2) is 4.79 Å². The van der Waals surface area contributed by atoms with Gasteiger partial charge in [-0.3, -0.25) is 9.80 Å². The highest BCUT2D eigenvalue weighted by Gasteiger charge is 2.38. The first-order valence-electron chi connectivity index (χ1n) is 10.1. The second-order valence-electron chi connectivity index (χ2n) is 7.99. The normalized spacial score (nSPS) is 22.9. The van der Waals surface area contributed by atoms with Gasteiger partial charge in [0, 0.05) is 30.3 Å². The molecule has 3 heterocycles. The Bertz CT molecular complexity index is 943. The monoisotopic (exact) mass is 430 g/mol. The van der Waals surface area contributed by atoms with Crippen LogP contribution >= 0.6 is 11.6 Å². The number of rotatable bonds is 4. The number of amides is 1. The van der Waals surface area contributed by atoms with Crippen LogP contribution in [0.2, 0.25) is 5.02 Å². The standard InChI is InChI=1S/C22H23ClN2O5/c23-16-2-4-17(5-3-16)25-13-18(30-21(25)26)12-24-9-7-22(27,8-10-24)15-1-6-19-20(11-15)29-14-28-19/h1-6,11,18,27H,7-10,12-14H2/t18-/m0/s1. The molecule has 2 saturated heterocycles. The van der Waals surface area contributed by atoms with E-state index in [0.29, 0.717) is 42.5 Å². The molecule has 0 aliphatic carbocycles. The Hall–Kier alpha value is -2.48. The lowest BCUT2D eigenvalue weighted by Crippen LogP contribution is -2.45. The van der Waals surface area contributed by atoms with Crippen molar-refractivity contribution in [2.24, 2.45) is 0 Å². The molecule has 8 heteroatoms. The van der Waals surface area contributed by atoms with Gasteiger partial charge in [-0.2, -0.15) is 0 Å². The van der Waals surface area contributed by atoms with Crippen molar-refractivity contribution in [3.63, 3.8) is 0 Å². The third-order valence-electron chi connectivity index (χ3n) is 6.07. The van der Waals surface area contributed by atoms with Gasteiger partial charge >= 0.3 is 6.09 Å². The van der Waals surface area contributed by atoms with Crippen LogP contribution in [0.5, 0.6) is 11.5 Å². The number of carbonyl (C=O) groups is 1. The number of carbonyl (C=O) groups excluding carboxylic acids is 1. The van der Waals surface area contributed by atoms with Gasteiger partial charge in [0.1, 0.15) is 6.10 Å². The van der Waals surface area contributed by atoms with Crippen molar-refractivity contribution in [2.75, 3.05) is 37.9 Å². The molecular weight excluding hydrogens is 408 g/mol. The van der Waals surface area contributed by atoms with Crippen LogP contribution in [0.25, 0.3) is 0 Å². The van der Waals surface area contributed by atoms with Crippen molar-refractivity contribution in [1.82, 2.24) is 4.90 Å². The number of ether oxygens (including phenoxy) is 3. The molecule has 0 spiro atoms. The Morgan fingerprint density at radius 2 is 1.80 bits per heavy atom. The molecule has 0 unspecified atom stereocenters. The van der Waals surface area contributed by atoms with Crippen molar-refractivity contribution in [2.45, 2.75) is 24.5 Å². The molecule has 0 aromatic heterocycles. The quantitative estimate of drug-likeness (QED) is 0.801. The molecule has 2 aromatic carbocycles. The molecule has 5 rings (SSSR count). The minimum atomic E-state index is -0.890. The Labute approximate surface area is 179 Å².